The smallest absolute Gasteiger partial charge is 0.228 e. The van der Waals surface area contributed by atoms with Crippen LogP contribution in [0.5, 0.6) is 0 Å². The maximum absolute atomic E-state index is 13.5. The highest BCUT2D eigenvalue weighted by Gasteiger charge is 2.29. The molecule has 0 saturated carbocycles. The molecule has 2 amide bonds. The lowest BCUT2D eigenvalue weighted by molar-refractivity contribution is -0.131. The molecule has 5 rings (SSSR count). The van der Waals surface area contributed by atoms with Crippen molar-refractivity contribution in [3.8, 4) is 11.4 Å². The van der Waals surface area contributed by atoms with E-state index in [1.54, 1.807) is 4.90 Å². The van der Waals surface area contributed by atoms with Crippen LogP contribution in [-0.2, 0) is 28.9 Å². The molecular weight excluding hydrogens is 458 g/mol. The summed E-state index contributed by atoms with van der Waals surface area (Å²) in [6.45, 7) is 3.95. The number of benzene rings is 2. The number of fused-ring (bicyclic) bond motifs is 1. The van der Waals surface area contributed by atoms with E-state index in [0.717, 1.165) is 40.9 Å². The van der Waals surface area contributed by atoms with Crippen molar-refractivity contribution in [3.63, 3.8) is 0 Å². The number of aliphatic hydroxyl groups is 1. The molecule has 1 fully saturated rings. The number of carbonyl (C=O) groups is 2. The average molecular weight is 490 g/mol. The number of carbonyl (C=O) groups excluding carboxylic acids is 2. The van der Waals surface area contributed by atoms with Gasteiger partial charge in [0.05, 0.1) is 25.0 Å². The van der Waals surface area contributed by atoms with Crippen molar-refractivity contribution in [2.75, 3.05) is 32.0 Å². The Balaban J connectivity index is 1.39. The summed E-state index contributed by atoms with van der Waals surface area (Å²) >= 11 is 0. The Morgan fingerprint density at radius 2 is 2.17 bits per heavy atom. The highest BCUT2D eigenvalue weighted by molar-refractivity contribution is 5.99. The highest BCUT2D eigenvalue weighted by Crippen LogP contribution is 2.29. The largest absolute Gasteiger partial charge is 0.392 e. The molecular formula is C27H31N5O4. The van der Waals surface area contributed by atoms with Gasteiger partial charge < -0.3 is 19.8 Å². The van der Waals surface area contributed by atoms with E-state index in [2.05, 4.69) is 20.4 Å². The van der Waals surface area contributed by atoms with Crippen LogP contribution in [-0.4, -0.2) is 69.6 Å². The number of aryl methyl sites for hydroxylation is 1. The summed E-state index contributed by atoms with van der Waals surface area (Å²) < 4.78 is 5.29. The number of amides is 2. The van der Waals surface area contributed by atoms with E-state index in [1.165, 1.54) is 0 Å². The van der Waals surface area contributed by atoms with Crippen LogP contribution in [0.15, 0.2) is 47.0 Å². The summed E-state index contributed by atoms with van der Waals surface area (Å²) in [7, 11) is 1.82. The molecule has 0 unspecified atom stereocenters. The Kier molecular flexibility index (Phi) is 6.84. The molecule has 3 heterocycles. The molecule has 0 aliphatic carbocycles. The zero-order chi connectivity index (χ0) is 25.2. The first-order chi connectivity index (χ1) is 17.4. The number of aliphatic hydroxyl groups excluding tert-OH is 1. The summed E-state index contributed by atoms with van der Waals surface area (Å²) in [4.78, 5) is 33.6. The van der Waals surface area contributed by atoms with Gasteiger partial charge in [-0.05, 0) is 35.2 Å². The third-order valence-corrected chi connectivity index (χ3v) is 6.99. The van der Waals surface area contributed by atoms with E-state index < -0.39 is 0 Å². The van der Waals surface area contributed by atoms with Crippen LogP contribution in [0.1, 0.15) is 42.0 Å². The van der Waals surface area contributed by atoms with Crippen molar-refractivity contribution in [1.29, 1.82) is 0 Å². The van der Waals surface area contributed by atoms with Gasteiger partial charge >= 0.3 is 0 Å². The highest BCUT2D eigenvalue weighted by atomic mass is 16.5. The van der Waals surface area contributed by atoms with Crippen molar-refractivity contribution < 1.29 is 19.2 Å². The second kappa shape index (κ2) is 10.2. The molecule has 2 aliphatic rings. The minimum Gasteiger partial charge on any atom is -0.392 e. The van der Waals surface area contributed by atoms with Crippen molar-refractivity contribution >= 4 is 17.5 Å². The number of β-amino-alcohol motifs (C(OH)–C–C–N with tert-alkyl or cyclic N) is 1. The van der Waals surface area contributed by atoms with Crippen LogP contribution < -0.4 is 5.32 Å². The molecule has 2 aliphatic heterocycles. The van der Waals surface area contributed by atoms with Gasteiger partial charge in [-0.2, -0.15) is 4.98 Å². The summed E-state index contributed by atoms with van der Waals surface area (Å²) in [5.74, 6) is 1.06. The quantitative estimate of drug-likeness (QED) is 0.500. The number of hydrogen-bond acceptors (Lipinski definition) is 7. The molecule has 2 aromatic carbocycles. The lowest BCUT2D eigenvalue weighted by Crippen LogP contribution is -2.39. The topological polar surface area (TPSA) is 112 Å². The number of anilines is 1. The van der Waals surface area contributed by atoms with Gasteiger partial charge in [-0.1, -0.05) is 42.4 Å². The molecule has 9 heteroatoms. The van der Waals surface area contributed by atoms with Gasteiger partial charge in [0.25, 0.3) is 0 Å². The van der Waals surface area contributed by atoms with Crippen LogP contribution in [0, 0.1) is 0 Å². The number of rotatable bonds is 8. The first kappa shape index (κ1) is 24.1. The summed E-state index contributed by atoms with van der Waals surface area (Å²) in [5.41, 5.74) is 4.40. The van der Waals surface area contributed by atoms with Crippen molar-refractivity contribution in [3.05, 3.63) is 65.0 Å². The first-order valence-electron chi connectivity index (χ1n) is 12.4. The van der Waals surface area contributed by atoms with Gasteiger partial charge in [0.15, 0.2) is 0 Å². The van der Waals surface area contributed by atoms with E-state index in [1.807, 2.05) is 56.4 Å². The third kappa shape index (κ3) is 5.17. The molecule has 0 bridgehead atoms. The number of likely N-dealkylation sites (tertiary alicyclic amines) is 1. The van der Waals surface area contributed by atoms with Gasteiger partial charge in [0, 0.05) is 44.4 Å². The predicted octanol–water partition coefficient (Wildman–Crippen LogP) is 2.60. The Morgan fingerprint density at radius 1 is 1.31 bits per heavy atom. The molecule has 36 heavy (non-hydrogen) atoms. The van der Waals surface area contributed by atoms with Crippen molar-refractivity contribution in [2.45, 2.75) is 44.8 Å². The molecule has 0 spiro atoms. The van der Waals surface area contributed by atoms with Crippen LogP contribution >= 0.6 is 0 Å². The molecule has 0 radical (unpaired) electrons. The Morgan fingerprint density at radius 3 is 2.92 bits per heavy atom. The fraction of sp³-hybridized carbons (Fsp3) is 0.407. The number of likely N-dealkylation sites (N-methyl/N-ethyl adjacent to an activating group) is 1. The Bertz CT molecular complexity index is 1270. The molecule has 2 N–H and O–H groups in total. The summed E-state index contributed by atoms with van der Waals surface area (Å²) in [6, 6.07) is 13.4. The van der Waals surface area contributed by atoms with E-state index in [0.29, 0.717) is 37.6 Å². The molecule has 2 atom stereocenters. The maximum atomic E-state index is 13.5. The summed E-state index contributed by atoms with van der Waals surface area (Å²) in [5, 5.41) is 17.0. The Labute approximate surface area is 210 Å². The van der Waals surface area contributed by atoms with Crippen molar-refractivity contribution in [1.82, 2.24) is 19.9 Å². The van der Waals surface area contributed by atoms with Crippen LogP contribution in [0.25, 0.3) is 11.4 Å². The number of nitrogens with zero attached hydrogens (tertiary/aromatic N) is 4. The maximum Gasteiger partial charge on any atom is 0.228 e. The molecule has 3 aromatic rings. The van der Waals surface area contributed by atoms with E-state index >= 15 is 0 Å². The van der Waals surface area contributed by atoms with Gasteiger partial charge in [-0.15, -0.1) is 0 Å². The van der Waals surface area contributed by atoms with Gasteiger partial charge in [-0.25, -0.2) is 0 Å². The summed E-state index contributed by atoms with van der Waals surface area (Å²) in [6.07, 6.45) is 1.66. The van der Waals surface area contributed by atoms with Crippen LogP contribution in [0.2, 0.25) is 0 Å². The van der Waals surface area contributed by atoms with Gasteiger partial charge in [0.1, 0.15) is 0 Å². The molecule has 1 aromatic heterocycles. The number of hydrogen-bond donors (Lipinski definition) is 2. The minimum absolute atomic E-state index is 0.0222. The van der Waals surface area contributed by atoms with E-state index in [-0.39, 0.29) is 30.4 Å². The lowest BCUT2D eigenvalue weighted by atomic mass is 10.0. The zero-order valence-electron chi connectivity index (χ0n) is 20.6. The van der Waals surface area contributed by atoms with E-state index in [4.69, 9.17) is 4.52 Å². The molecule has 188 valence electrons. The standard InChI is InChI=1S/C27H31N5O4/c1-3-25-29-27(30-36-25)20-6-4-5-19(13-20)23(16-32-10-9-21(33)15-32)31(2)26(35)12-17-7-8-18-14-24(34)28-22(18)11-17/h4-8,11,13,21,23,33H,3,9-10,12,14-16H2,1-2H3,(H,28,34)/t21-,23+/m0/s1. The van der Waals surface area contributed by atoms with Crippen LogP contribution in [0.4, 0.5) is 5.69 Å². The van der Waals surface area contributed by atoms with Crippen LogP contribution in [0.3, 0.4) is 0 Å². The third-order valence-electron chi connectivity index (χ3n) is 6.99. The first-order valence-corrected chi connectivity index (χ1v) is 12.4. The average Bonchev–Trinajstić information content (AvgIpc) is 3.61. The normalized spacial score (nSPS) is 18.2. The van der Waals surface area contributed by atoms with Crippen molar-refractivity contribution in [2.24, 2.45) is 0 Å². The lowest BCUT2D eigenvalue weighted by Gasteiger charge is -2.32. The Hall–Kier alpha value is -3.56. The predicted molar refractivity (Wildman–Crippen MR) is 134 cm³/mol. The number of aromatic nitrogens is 2. The molecule has 1 saturated heterocycles. The van der Waals surface area contributed by atoms with E-state index in [9.17, 15) is 14.7 Å². The fourth-order valence-electron chi connectivity index (χ4n) is 4.92. The second-order valence-electron chi connectivity index (χ2n) is 9.61. The second-order valence-corrected chi connectivity index (χ2v) is 9.61. The zero-order valence-corrected chi connectivity index (χ0v) is 20.6. The molecule has 9 nitrogen and oxygen atoms in total. The monoisotopic (exact) mass is 489 g/mol. The van der Waals surface area contributed by atoms with Gasteiger partial charge in [0.2, 0.25) is 23.5 Å². The number of nitrogens with one attached hydrogen (secondary N) is 1. The SMILES string of the molecule is CCc1nc(-c2cccc([C@@H](CN3CC[C@H](O)C3)N(C)C(=O)Cc3ccc4c(c3)NC(=O)C4)c2)no1. The van der Waals surface area contributed by atoms with Gasteiger partial charge in [-0.3, -0.25) is 14.5 Å². The fourth-order valence-corrected chi connectivity index (χ4v) is 4.92. The minimum atomic E-state index is -0.341.